The number of nitrogens with zero attached hydrogens (tertiary/aromatic N) is 2. The zero-order valence-corrected chi connectivity index (χ0v) is 15.3. The van der Waals surface area contributed by atoms with Gasteiger partial charge in [-0.25, -0.2) is 0 Å². The Kier molecular flexibility index (Phi) is 7.10. The lowest BCUT2D eigenvalue weighted by Gasteiger charge is -2.34. The average Bonchev–Trinajstić information content (AvgIpc) is 2.48. The lowest BCUT2D eigenvalue weighted by atomic mass is 10.2. The molecule has 2 rings (SSSR count). The van der Waals surface area contributed by atoms with Crippen molar-refractivity contribution in [2.45, 2.75) is 49.5 Å². The molecular weight excluding hydrogens is 322 g/mol. The van der Waals surface area contributed by atoms with Crippen molar-refractivity contribution in [3.05, 3.63) is 24.3 Å². The largest absolute Gasteiger partial charge is 0.373 e. The van der Waals surface area contributed by atoms with E-state index in [2.05, 4.69) is 16.3 Å². The van der Waals surface area contributed by atoms with E-state index < -0.39 is 0 Å². The van der Waals surface area contributed by atoms with E-state index in [4.69, 9.17) is 10.00 Å². The van der Waals surface area contributed by atoms with Crippen LogP contribution in [0, 0.1) is 11.3 Å². The fraction of sp³-hybridized carbons (Fsp3) is 0.556. The lowest BCUT2D eigenvalue weighted by Crippen LogP contribution is -2.48. The molecule has 0 unspecified atom stereocenters. The Labute approximate surface area is 148 Å². The third kappa shape index (κ3) is 5.82. The Morgan fingerprint density at radius 2 is 2.08 bits per heavy atom. The van der Waals surface area contributed by atoms with Gasteiger partial charge in [0.05, 0.1) is 30.5 Å². The molecule has 5 nitrogen and oxygen atoms in total. The van der Waals surface area contributed by atoms with Crippen molar-refractivity contribution >= 4 is 23.4 Å². The van der Waals surface area contributed by atoms with E-state index in [0.717, 1.165) is 23.7 Å². The maximum absolute atomic E-state index is 12.4. The van der Waals surface area contributed by atoms with Crippen LogP contribution in [0.1, 0.15) is 27.2 Å². The van der Waals surface area contributed by atoms with E-state index in [1.54, 1.807) is 11.8 Å². The highest BCUT2D eigenvalue weighted by atomic mass is 32.2. The zero-order valence-electron chi connectivity index (χ0n) is 14.5. The number of anilines is 1. The molecule has 0 radical (unpaired) electrons. The predicted molar refractivity (Wildman–Crippen MR) is 97.1 cm³/mol. The van der Waals surface area contributed by atoms with Crippen LogP contribution in [-0.4, -0.2) is 47.9 Å². The number of morpholine rings is 1. The van der Waals surface area contributed by atoms with Gasteiger partial charge in [0.1, 0.15) is 0 Å². The second-order valence-electron chi connectivity index (χ2n) is 6.29. The number of carbonyl (C=O) groups excluding carboxylic acids is 1. The van der Waals surface area contributed by atoms with E-state index >= 15 is 0 Å². The normalized spacial score (nSPS) is 22.6. The number of hydrogen-bond acceptors (Lipinski definition) is 5. The number of amides is 1. The van der Waals surface area contributed by atoms with E-state index in [9.17, 15) is 4.79 Å². The van der Waals surface area contributed by atoms with Gasteiger partial charge in [0.2, 0.25) is 5.91 Å². The summed E-state index contributed by atoms with van der Waals surface area (Å²) in [6, 6.07) is 9.93. The molecule has 3 atom stereocenters. The minimum absolute atomic E-state index is 0.0164. The van der Waals surface area contributed by atoms with Gasteiger partial charge in [-0.15, -0.1) is 11.8 Å². The van der Waals surface area contributed by atoms with Gasteiger partial charge in [-0.2, -0.15) is 5.26 Å². The van der Waals surface area contributed by atoms with Crippen LogP contribution in [0.5, 0.6) is 0 Å². The molecule has 0 aromatic heterocycles. The Hall–Kier alpha value is -1.55. The molecular formula is C18H25N3O2S. The first-order chi connectivity index (χ1) is 11.5. The molecule has 1 aliphatic heterocycles. The molecule has 0 bridgehead atoms. The molecule has 1 N–H and O–H groups in total. The van der Waals surface area contributed by atoms with E-state index in [1.807, 2.05) is 45.0 Å². The maximum Gasteiger partial charge on any atom is 0.238 e. The Morgan fingerprint density at radius 1 is 1.42 bits per heavy atom. The number of nitrogens with one attached hydrogen (secondary N) is 1. The van der Waals surface area contributed by atoms with Crippen LogP contribution >= 0.6 is 11.8 Å². The van der Waals surface area contributed by atoms with Crippen LogP contribution < -0.4 is 5.32 Å². The van der Waals surface area contributed by atoms with Gasteiger partial charge in [0, 0.05) is 29.7 Å². The van der Waals surface area contributed by atoms with Gasteiger partial charge in [-0.05, 0) is 26.0 Å². The molecule has 130 valence electrons. The minimum Gasteiger partial charge on any atom is -0.373 e. The third-order valence-corrected chi connectivity index (χ3v) is 4.91. The van der Waals surface area contributed by atoms with Crippen LogP contribution in [0.2, 0.25) is 0 Å². The first kappa shape index (κ1) is 18.8. The second kappa shape index (κ2) is 9.07. The summed E-state index contributed by atoms with van der Waals surface area (Å²) < 4.78 is 5.70. The van der Waals surface area contributed by atoms with Gasteiger partial charge in [0.25, 0.3) is 0 Å². The van der Waals surface area contributed by atoms with Gasteiger partial charge in [0.15, 0.2) is 0 Å². The molecule has 1 heterocycles. The second-order valence-corrected chi connectivity index (χ2v) is 7.77. The summed E-state index contributed by atoms with van der Waals surface area (Å²) >= 11 is 1.61. The van der Waals surface area contributed by atoms with E-state index in [1.165, 1.54) is 0 Å². The van der Waals surface area contributed by atoms with Gasteiger partial charge in [-0.3, -0.25) is 9.69 Å². The summed E-state index contributed by atoms with van der Waals surface area (Å²) in [7, 11) is 0. The molecule has 1 amide bonds. The zero-order chi connectivity index (χ0) is 17.5. The van der Waals surface area contributed by atoms with E-state index in [0.29, 0.717) is 13.0 Å². The summed E-state index contributed by atoms with van der Waals surface area (Å²) in [5, 5.41) is 12.0. The molecule has 1 aromatic carbocycles. The van der Waals surface area contributed by atoms with Crippen LogP contribution in [0.4, 0.5) is 5.69 Å². The van der Waals surface area contributed by atoms with E-state index in [-0.39, 0.29) is 23.4 Å². The number of hydrogen-bond donors (Lipinski definition) is 1. The van der Waals surface area contributed by atoms with Crippen molar-refractivity contribution in [1.82, 2.24) is 4.90 Å². The maximum atomic E-state index is 12.4. The third-order valence-electron chi connectivity index (χ3n) is 3.73. The summed E-state index contributed by atoms with van der Waals surface area (Å²) in [4.78, 5) is 15.5. The van der Waals surface area contributed by atoms with Crippen LogP contribution in [0.25, 0.3) is 0 Å². The highest BCUT2D eigenvalue weighted by molar-refractivity contribution is 8.00. The number of para-hydroxylation sites is 1. The monoisotopic (exact) mass is 347 g/mol. The summed E-state index contributed by atoms with van der Waals surface area (Å²) in [5.41, 5.74) is 0.812. The Bertz CT molecular complexity index is 592. The van der Waals surface area contributed by atoms with Crippen LogP contribution in [-0.2, 0) is 9.53 Å². The number of ether oxygens (including phenoxy) is 1. The summed E-state index contributed by atoms with van der Waals surface area (Å²) in [5.74, 6) is -0.0164. The van der Waals surface area contributed by atoms with Crippen molar-refractivity contribution in [2.75, 3.05) is 25.0 Å². The molecule has 1 aliphatic rings. The molecule has 1 saturated heterocycles. The van der Waals surface area contributed by atoms with Crippen molar-refractivity contribution in [3.8, 4) is 6.07 Å². The van der Waals surface area contributed by atoms with Crippen LogP contribution in [0.15, 0.2) is 29.2 Å². The summed E-state index contributed by atoms with van der Waals surface area (Å²) in [6.45, 7) is 7.99. The molecule has 6 heteroatoms. The molecule has 1 aromatic rings. The SMILES string of the molecule is C[C@@H]1CN(CC(=O)Nc2ccccc2S[C@H](C)CC#N)C[C@H](C)O1. The van der Waals surface area contributed by atoms with Crippen molar-refractivity contribution in [1.29, 1.82) is 5.26 Å². The van der Waals surface area contributed by atoms with Crippen LogP contribution in [0.3, 0.4) is 0 Å². The number of rotatable bonds is 6. The first-order valence-electron chi connectivity index (χ1n) is 8.28. The number of carbonyl (C=O) groups is 1. The highest BCUT2D eigenvalue weighted by Crippen LogP contribution is 2.31. The lowest BCUT2D eigenvalue weighted by molar-refractivity contribution is -0.121. The predicted octanol–water partition coefficient (Wildman–Crippen LogP) is 3.13. The van der Waals surface area contributed by atoms with Crippen molar-refractivity contribution < 1.29 is 9.53 Å². The van der Waals surface area contributed by atoms with Crippen molar-refractivity contribution in [3.63, 3.8) is 0 Å². The van der Waals surface area contributed by atoms with Crippen molar-refractivity contribution in [2.24, 2.45) is 0 Å². The molecule has 0 saturated carbocycles. The van der Waals surface area contributed by atoms with Gasteiger partial charge < -0.3 is 10.1 Å². The highest BCUT2D eigenvalue weighted by Gasteiger charge is 2.23. The minimum atomic E-state index is -0.0164. The number of benzene rings is 1. The summed E-state index contributed by atoms with van der Waals surface area (Å²) in [6.07, 6.45) is 0.781. The first-order valence-corrected chi connectivity index (χ1v) is 9.16. The molecule has 0 aliphatic carbocycles. The Balaban J connectivity index is 1.95. The smallest absolute Gasteiger partial charge is 0.238 e. The fourth-order valence-corrected chi connectivity index (χ4v) is 3.86. The topological polar surface area (TPSA) is 65.4 Å². The molecule has 1 fully saturated rings. The molecule has 24 heavy (non-hydrogen) atoms. The number of nitriles is 1. The van der Waals surface area contributed by atoms with Gasteiger partial charge in [-0.1, -0.05) is 19.1 Å². The van der Waals surface area contributed by atoms with Gasteiger partial charge >= 0.3 is 0 Å². The fourth-order valence-electron chi connectivity index (χ4n) is 2.87. The number of thioether (sulfide) groups is 1. The Morgan fingerprint density at radius 3 is 2.75 bits per heavy atom. The average molecular weight is 347 g/mol. The quantitative estimate of drug-likeness (QED) is 0.801. The standard InChI is InChI=1S/C18H25N3O2S/c1-13-10-21(11-14(2)23-13)12-18(22)20-16-6-4-5-7-17(16)24-15(3)8-9-19/h4-7,13-15H,8,10-12H2,1-3H3,(H,20,22)/t13-,14+,15-/m1/s1. The molecule has 0 spiro atoms.